The maximum absolute atomic E-state index is 13.3. The lowest BCUT2D eigenvalue weighted by atomic mass is 9.96. The molecule has 7 heteroatoms. The number of imide groups is 1. The molecule has 168 valence electrons. The van der Waals surface area contributed by atoms with Gasteiger partial charge in [-0.3, -0.25) is 19.3 Å². The highest BCUT2D eigenvalue weighted by Gasteiger charge is 2.44. The Labute approximate surface area is 187 Å². The van der Waals surface area contributed by atoms with Gasteiger partial charge in [0.25, 0.3) is 11.8 Å². The highest BCUT2D eigenvalue weighted by Crippen LogP contribution is 2.29. The van der Waals surface area contributed by atoms with Gasteiger partial charge in [-0.2, -0.15) is 0 Å². The first-order valence-electron chi connectivity index (χ1n) is 10.9. The number of rotatable bonds is 9. The van der Waals surface area contributed by atoms with E-state index in [1.54, 1.807) is 42.5 Å². The number of nitrogens with one attached hydrogen (secondary N) is 1. The van der Waals surface area contributed by atoms with Crippen LogP contribution in [0.25, 0.3) is 0 Å². The third kappa shape index (κ3) is 4.72. The van der Waals surface area contributed by atoms with Crippen LogP contribution in [0.1, 0.15) is 71.1 Å². The quantitative estimate of drug-likeness (QED) is 0.360. The Kier molecular flexibility index (Phi) is 7.41. The van der Waals surface area contributed by atoms with E-state index in [9.17, 15) is 19.2 Å². The fourth-order valence-corrected chi connectivity index (χ4v) is 3.65. The van der Waals surface area contributed by atoms with Crippen molar-refractivity contribution in [2.24, 2.45) is 5.92 Å². The molecule has 0 saturated carbocycles. The highest BCUT2D eigenvalue weighted by molar-refractivity contribution is 6.23. The van der Waals surface area contributed by atoms with Crippen molar-refractivity contribution in [1.29, 1.82) is 0 Å². The standard InChI is InChI=1S/C25H28N2O5/c1-4-6-14-32-25(31)17-10-9-11-18(15-17)26-22(28)21(16(3)5-2)27-23(29)19-12-7-8-13-20(19)24(27)30/h7-13,15-16,21H,4-6,14H2,1-3H3,(H,26,28). The Morgan fingerprint density at radius 1 is 1.00 bits per heavy atom. The second kappa shape index (κ2) is 10.2. The molecule has 1 aliphatic rings. The maximum Gasteiger partial charge on any atom is 0.338 e. The molecular weight excluding hydrogens is 408 g/mol. The summed E-state index contributed by atoms with van der Waals surface area (Å²) >= 11 is 0. The summed E-state index contributed by atoms with van der Waals surface area (Å²) in [5, 5.41) is 2.77. The van der Waals surface area contributed by atoms with E-state index < -0.39 is 29.7 Å². The van der Waals surface area contributed by atoms with Gasteiger partial charge < -0.3 is 10.1 Å². The van der Waals surface area contributed by atoms with Gasteiger partial charge in [-0.15, -0.1) is 0 Å². The van der Waals surface area contributed by atoms with E-state index >= 15 is 0 Å². The van der Waals surface area contributed by atoms with Crippen molar-refractivity contribution in [2.75, 3.05) is 11.9 Å². The van der Waals surface area contributed by atoms with Crippen LogP contribution in [0.15, 0.2) is 48.5 Å². The molecule has 2 aromatic rings. The van der Waals surface area contributed by atoms with E-state index in [4.69, 9.17) is 4.74 Å². The lowest BCUT2D eigenvalue weighted by molar-refractivity contribution is -0.121. The minimum atomic E-state index is -0.979. The zero-order chi connectivity index (χ0) is 23.3. The van der Waals surface area contributed by atoms with Crippen LogP contribution < -0.4 is 5.32 Å². The van der Waals surface area contributed by atoms with Gasteiger partial charge in [-0.1, -0.05) is 51.8 Å². The molecule has 1 aliphatic heterocycles. The summed E-state index contributed by atoms with van der Waals surface area (Å²) in [5.41, 5.74) is 1.32. The minimum absolute atomic E-state index is 0.264. The molecule has 0 saturated heterocycles. The van der Waals surface area contributed by atoms with Gasteiger partial charge in [0.15, 0.2) is 0 Å². The number of anilines is 1. The monoisotopic (exact) mass is 436 g/mol. The van der Waals surface area contributed by atoms with Crippen molar-refractivity contribution in [2.45, 2.75) is 46.1 Å². The number of hydrogen-bond donors (Lipinski definition) is 1. The molecule has 0 spiro atoms. The SMILES string of the molecule is CCCCOC(=O)c1cccc(NC(=O)C(C(C)CC)N2C(=O)c3ccccc3C2=O)c1. The predicted octanol–water partition coefficient (Wildman–Crippen LogP) is 4.29. The number of hydrogen-bond acceptors (Lipinski definition) is 5. The summed E-state index contributed by atoms with van der Waals surface area (Å²) in [5.74, 6) is -2.16. The topological polar surface area (TPSA) is 92.8 Å². The Balaban J connectivity index is 1.81. The van der Waals surface area contributed by atoms with Gasteiger partial charge in [0.2, 0.25) is 5.91 Å². The van der Waals surface area contributed by atoms with Crippen LogP contribution in [0.4, 0.5) is 5.69 Å². The van der Waals surface area contributed by atoms with Crippen molar-refractivity contribution in [3.05, 3.63) is 65.2 Å². The van der Waals surface area contributed by atoms with Gasteiger partial charge in [0.05, 0.1) is 23.3 Å². The summed E-state index contributed by atoms with van der Waals surface area (Å²) in [6, 6.07) is 12.0. The molecule has 2 atom stereocenters. The van der Waals surface area contributed by atoms with E-state index in [0.29, 0.717) is 35.4 Å². The lowest BCUT2D eigenvalue weighted by Gasteiger charge is -2.29. The number of ether oxygens (including phenoxy) is 1. The van der Waals surface area contributed by atoms with Gasteiger partial charge in [-0.25, -0.2) is 4.79 Å². The molecule has 0 fully saturated rings. The summed E-state index contributed by atoms with van der Waals surface area (Å²) < 4.78 is 5.23. The molecule has 3 rings (SSSR count). The molecule has 32 heavy (non-hydrogen) atoms. The Morgan fingerprint density at radius 2 is 1.66 bits per heavy atom. The second-order valence-electron chi connectivity index (χ2n) is 7.92. The lowest BCUT2D eigenvalue weighted by Crippen LogP contribution is -2.50. The molecule has 7 nitrogen and oxygen atoms in total. The van der Waals surface area contributed by atoms with Crippen molar-refractivity contribution < 1.29 is 23.9 Å². The van der Waals surface area contributed by atoms with Crippen molar-refractivity contribution in [1.82, 2.24) is 4.90 Å². The van der Waals surface area contributed by atoms with Gasteiger partial charge in [0, 0.05) is 5.69 Å². The first-order valence-corrected chi connectivity index (χ1v) is 10.9. The molecule has 1 N–H and O–H groups in total. The zero-order valence-corrected chi connectivity index (χ0v) is 18.6. The molecule has 0 aliphatic carbocycles. The number of nitrogens with zero attached hydrogens (tertiary/aromatic N) is 1. The van der Waals surface area contributed by atoms with Crippen LogP contribution >= 0.6 is 0 Å². The van der Waals surface area contributed by atoms with Gasteiger partial charge >= 0.3 is 5.97 Å². The second-order valence-corrected chi connectivity index (χ2v) is 7.92. The molecule has 0 aromatic heterocycles. The number of amides is 3. The van der Waals surface area contributed by atoms with Gasteiger partial charge in [0.1, 0.15) is 6.04 Å². The number of carbonyl (C=O) groups excluding carboxylic acids is 4. The van der Waals surface area contributed by atoms with Crippen LogP contribution in [-0.2, 0) is 9.53 Å². The zero-order valence-electron chi connectivity index (χ0n) is 18.6. The van der Waals surface area contributed by atoms with Crippen LogP contribution in [-0.4, -0.2) is 41.2 Å². The van der Waals surface area contributed by atoms with E-state index in [2.05, 4.69) is 5.32 Å². The van der Waals surface area contributed by atoms with Crippen molar-refractivity contribution in [3.63, 3.8) is 0 Å². The third-order valence-electron chi connectivity index (χ3n) is 5.65. The average molecular weight is 437 g/mol. The summed E-state index contributed by atoms with van der Waals surface area (Å²) in [4.78, 5) is 52.5. The summed E-state index contributed by atoms with van der Waals surface area (Å²) in [6.45, 7) is 6.07. The normalized spacial score (nSPS) is 14.7. The maximum atomic E-state index is 13.3. The van der Waals surface area contributed by atoms with Crippen molar-refractivity contribution >= 4 is 29.4 Å². The molecule has 2 unspecified atom stereocenters. The van der Waals surface area contributed by atoms with Crippen LogP contribution in [0, 0.1) is 5.92 Å². The third-order valence-corrected chi connectivity index (χ3v) is 5.65. The molecule has 0 radical (unpaired) electrons. The smallest absolute Gasteiger partial charge is 0.338 e. The fourth-order valence-electron chi connectivity index (χ4n) is 3.65. The molecule has 1 heterocycles. The van der Waals surface area contributed by atoms with E-state index in [1.165, 1.54) is 6.07 Å². The molecular formula is C25H28N2O5. The Bertz CT molecular complexity index is 997. The number of fused-ring (bicyclic) bond motifs is 1. The summed E-state index contributed by atoms with van der Waals surface area (Å²) in [7, 11) is 0. The van der Waals surface area contributed by atoms with Crippen LogP contribution in [0.3, 0.4) is 0 Å². The Morgan fingerprint density at radius 3 is 2.25 bits per heavy atom. The predicted molar refractivity (Wildman–Crippen MR) is 120 cm³/mol. The van der Waals surface area contributed by atoms with Gasteiger partial charge in [-0.05, 0) is 42.7 Å². The van der Waals surface area contributed by atoms with Crippen LogP contribution in [0.2, 0.25) is 0 Å². The first-order chi connectivity index (χ1) is 15.4. The van der Waals surface area contributed by atoms with E-state index in [1.807, 2.05) is 20.8 Å². The number of unbranched alkanes of at least 4 members (excludes halogenated alkanes) is 1. The molecule has 0 bridgehead atoms. The number of carbonyl (C=O) groups is 4. The van der Waals surface area contributed by atoms with Crippen LogP contribution in [0.5, 0.6) is 0 Å². The number of benzene rings is 2. The highest BCUT2D eigenvalue weighted by atomic mass is 16.5. The van der Waals surface area contributed by atoms with E-state index in [0.717, 1.165) is 17.7 Å². The summed E-state index contributed by atoms with van der Waals surface area (Å²) in [6.07, 6.45) is 2.28. The molecule has 2 aromatic carbocycles. The average Bonchev–Trinajstić information content (AvgIpc) is 3.05. The minimum Gasteiger partial charge on any atom is -0.462 e. The first kappa shape index (κ1) is 23.2. The Hall–Kier alpha value is -3.48. The fraction of sp³-hybridized carbons (Fsp3) is 0.360. The molecule has 3 amide bonds. The number of esters is 1. The van der Waals surface area contributed by atoms with Crippen molar-refractivity contribution in [3.8, 4) is 0 Å². The van der Waals surface area contributed by atoms with E-state index in [-0.39, 0.29) is 5.92 Å². The largest absolute Gasteiger partial charge is 0.462 e.